The van der Waals surface area contributed by atoms with Crippen molar-refractivity contribution in [2.75, 3.05) is 6.61 Å². The largest absolute Gasteiger partial charge is 0.494 e. The number of esters is 1. The summed E-state index contributed by atoms with van der Waals surface area (Å²) in [6, 6.07) is 14.9. The van der Waals surface area contributed by atoms with Crippen LogP contribution in [0, 0.1) is 0 Å². The summed E-state index contributed by atoms with van der Waals surface area (Å²) in [7, 11) is 0. The van der Waals surface area contributed by atoms with E-state index >= 15 is 0 Å². The number of ketones is 1. The monoisotopic (exact) mass is 363 g/mol. The van der Waals surface area contributed by atoms with E-state index in [0.717, 1.165) is 16.3 Å². The fourth-order valence-corrected chi connectivity index (χ4v) is 2.74. The molecule has 0 aliphatic rings. The molecule has 2 aromatic carbocycles. The van der Waals surface area contributed by atoms with Gasteiger partial charge in [-0.05, 0) is 30.9 Å². The van der Waals surface area contributed by atoms with Crippen molar-refractivity contribution >= 4 is 22.5 Å². The summed E-state index contributed by atoms with van der Waals surface area (Å²) in [6.07, 6.45) is 4.32. The Morgan fingerprint density at radius 2 is 1.89 bits per heavy atom. The number of nitrogens with zero attached hydrogens (tertiary/aromatic N) is 1. The van der Waals surface area contributed by atoms with Crippen molar-refractivity contribution in [2.45, 2.75) is 26.4 Å². The number of rotatable bonds is 8. The van der Waals surface area contributed by atoms with Crippen LogP contribution in [-0.4, -0.2) is 23.3 Å². The summed E-state index contributed by atoms with van der Waals surface area (Å²) < 4.78 is 11.0. The molecule has 0 aliphatic carbocycles. The van der Waals surface area contributed by atoms with Gasteiger partial charge in [0.1, 0.15) is 12.4 Å². The van der Waals surface area contributed by atoms with Crippen LogP contribution in [0.4, 0.5) is 0 Å². The summed E-state index contributed by atoms with van der Waals surface area (Å²) in [4.78, 5) is 27.5. The molecule has 27 heavy (non-hydrogen) atoms. The summed E-state index contributed by atoms with van der Waals surface area (Å²) in [5, 5.41) is 2.06. The van der Waals surface area contributed by atoms with Gasteiger partial charge in [0.15, 0.2) is 5.78 Å². The third-order valence-electron chi connectivity index (χ3n) is 4.17. The van der Waals surface area contributed by atoms with Crippen molar-refractivity contribution in [3.05, 3.63) is 72.1 Å². The van der Waals surface area contributed by atoms with Gasteiger partial charge in [-0.25, -0.2) is 0 Å². The van der Waals surface area contributed by atoms with Gasteiger partial charge in [0, 0.05) is 35.3 Å². The van der Waals surface area contributed by atoms with Gasteiger partial charge >= 0.3 is 5.97 Å². The molecule has 0 bridgehead atoms. The summed E-state index contributed by atoms with van der Waals surface area (Å²) >= 11 is 0. The lowest BCUT2D eigenvalue weighted by Crippen LogP contribution is -2.08. The predicted molar refractivity (Wildman–Crippen MR) is 103 cm³/mol. The fourth-order valence-electron chi connectivity index (χ4n) is 2.74. The van der Waals surface area contributed by atoms with Gasteiger partial charge in [0.05, 0.1) is 6.61 Å². The number of ether oxygens (including phenoxy) is 2. The van der Waals surface area contributed by atoms with E-state index in [1.165, 1.54) is 6.92 Å². The molecule has 5 nitrogen and oxygen atoms in total. The third-order valence-corrected chi connectivity index (χ3v) is 4.17. The molecule has 3 rings (SSSR count). The Balaban J connectivity index is 1.43. The van der Waals surface area contributed by atoms with Crippen LogP contribution in [0.1, 0.15) is 35.7 Å². The molecule has 0 atom stereocenters. The smallest absolute Gasteiger partial charge is 0.306 e. The van der Waals surface area contributed by atoms with E-state index in [1.54, 1.807) is 36.7 Å². The molecule has 3 aromatic rings. The van der Waals surface area contributed by atoms with E-state index in [0.29, 0.717) is 24.3 Å². The van der Waals surface area contributed by atoms with Gasteiger partial charge < -0.3 is 9.47 Å². The number of pyridine rings is 1. The molecule has 0 amide bonds. The zero-order valence-electron chi connectivity index (χ0n) is 15.2. The van der Waals surface area contributed by atoms with Crippen molar-refractivity contribution in [1.82, 2.24) is 4.98 Å². The van der Waals surface area contributed by atoms with Crippen LogP contribution in [0.3, 0.4) is 0 Å². The first-order valence-electron chi connectivity index (χ1n) is 8.84. The second kappa shape index (κ2) is 8.94. The lowest BCUT2D eigenvalue weighted by molar-refractivity contribution is -0.145. The molecule has 0 spiro atoms. The Kier molecular flexibility index (Phi) is 6.15. The number of hydrogen-bond acceptors (Lipinski definition) is 5. The highest BCUT2D eigenvalue weighted by atomic mass is 16.5. The van der Waals surface area contributed by atoms with E-state index < -0.39 is 0 Å². The minimum absolute atomic E-state index is 0.00745. The van der Waals surface area contributed by atoms with E-state index in [4.69, 9.17) is 9.47 Å². The molecule has 0 aliphatic heterocycles. The second-order valence-electron chi connectivity index (χ2n) is 6.22. The van der Waals surface area contributed by atoms with Crippen LogP contribution in [0.25, 0.3) is 10.8 Å². The molecule has 138 valence electrons. The van der Waals surface area contributed by atoms with Crippen LogP contribution in [0.2, 0.25) is 0 Å². The highest BCUT2D eigenvalue weighted by Crippen LogP contribution is 2.18. The van der Waals surface area contributed by atoms with Gasteiger partial charge in [0.25, 0.3) is 0 Å². The van der Waals surface area contributed by atoms with Crippen LogP contribution in [0.15, 0.2) is 60.9 Å². The molecule has 0 radical (unpaired) electrons. The first kappa shape index (κ1) is 18.6. The number of benzene rings is 2. The molecular weight excluding hydrogens is 342 g/mol. The first-order chi connectivity index (χ1) is 13.1. The minimum atomic E-state index is -0.274. The maximum absolute atomic E-state index is 12.0. The number of Topliss-reactive ketones (excluding diaryl/α,β-unsaturated/α-hetero) is 1. The number of aromatic nitrogens is 1. The average molecular weight is 363 g/mol. The average Bonchev–Trinajstić information content (AvgIpc) is 2.70. The van der Waals surface area contributed by atoms with Gasteiger partial charge in [-0.3, -0.25) is 14.6 Å². The number of carbonyl (C=O) groups is 2. The molecule has 0 fully saturated rings. The second-order valence-corrected chi connectivity index (χ2v) is 6.22. The molecule has 1 heterocycles. The Morgan fingerprint density at radius 3 is 2.74 bits per heavy atom. The Hall–Kier alpha value is -3.21. The van der Waals surface area contributed by atoms with E-state index in [-0.39, 0.29) is 24.8 Å². The molecule has 0 N–H and O–H groups in total. The van der Waals surface area contributed by atoms with Crippen molar-refractivity contribution in [3.63, 3.8) is 0 Å². The lowest BCUT2D eigenvalue weighted by Gasteiger charge is -2.09. The Labute approximate surface area is 157 Å². The van der Waals surface area contributed by atoms with Crippen LogP contribution < -0.4 is 4.74 Å². The van der Waals surface area contributed by atoms with E-state index in [1.807, 2.05) is 24.3 Å². The van der Waals surface area contributed by atoms with Gasteiger partial charge in [0.2, 0.25) is 0 Å². The molecule has 0 saturated carbocycles. The predicted octanol–water partition coefficient (Wildman–Crippen LogP) is 4.34. The van der Waals surface area contributed by atoms with Crippen LogP contribution in [0.5, 0.6) is 5.75 Å². The Bertz CT molecular complexity index is 946. The van der Waals surface area contributed by atoms with E-state index in [9.17, 15) is 9.59 Å². The van der Waals surface area contributed by atoms with Crippen molar-refractivity contribution < 1.29 is 19.1 Å². The van der Waals surface area contributed by atoms with Crippen LogP contribution in [-0.2, 0) is 16.1 Å². The topological polar surface area (TPSA) is 65.5 Å². The zero-order chi connectivity index (χ0) is 19.1. The molecule has 5 heteroatoms. The highest BCUT2D eigenvalue weighted by molar-refractivity contribution is 5.94. The maximum Gasteiger partial charge on any atom is 0.306 e. The molecule has 1 aromatic heterocycles. The van der Waals surface area contributed by atoms with Crippen molar-refractivity contribution in [1.29, 1.82) is 0 Å². The van der Waals surface area contributed by atoms with Gasteiger partial charge in [-0.2, -0.15) is 0 Å². The minimum Gasteiger partial charge on any atom is -0.494 e. The first-order valence-corrected chi connectivity index (χ1v) is 8.84. The fraction of sp³-hybridized carbons (Fsp3) is 0.227. The highest BCUT2D eigenvalue weighted by Gasteiger charge is 2.07. The van der Waals surface area contributed by atoms with Crippen molar-refractivity contribution in [2.24, 2.45) is 0 Å². The summed E-state index contributed by atoms with van der Waals surface area (Å²) in [6.45, 7) is 2.10. The zero-order valence-corrected chi connectivity index (χ0v) is 15.2. The maximum atomic E-state index is 12.0. The number of carbonyl (C=O) groups excluding carboxylic acids is 2. The quantitative estimate of drug-likeness (QED) is 0.338. The van der Waals surface area contributed by atoms with E-state index in [2.05, 4.69) is 4.98 Å². The molecule has 0 saturated heterocycles. The van der Waals surface area contributed by atoms with Crippen LogP contribution >= 0.6 is 0 Å². The van der Waals surface area contributed by atoms with Crippen molar-refractivity contribution in [3.8, 4) is 5.75 Å². The third kappa shape index (κ3) is 5.14. The molecule has 0 unspecified atom stereocenters. The molecular formula is C22H21NO4. The van der Waals surface area contributed by atoms with Gasteiger partial charge in [-0.1, -0.05) is 36.4 Å². The SMILES string of the molecule is CC(=O)c1cccc(OCCCC(=O)OCc2cncc3ccccc23)c1. The summed E-state index contributed by atoms with van der Waals surface area (Å²) in [5.74, 6) is 0.342. The Morgan fingerprint density at radius 1 is 1.04 bits per heavy atom. The lowest BCUT2D eigenvalue weighted by atomic mass is 10.1. The normalized spacial score (nSPS) is 10.6. The number of hydrogen-bond donors (Lipinski definition) is 0. The number of fused-ring (bicyclic) bond motifs is 1. The standard InChI is InChI=1S/C22H21NO4/c1-16(24)17-7-4-8-20(12-17)26-11-5-10-22(25)27-15-19-14-23-13-18-6-2-3-9-21(18)19/h2-4,6-9,12-14H,5,10-11,15H2,1H3. The summed E-state index contributed by atoms with van der Waals surface area (Å²) in [5.41, 5.74) is 1.49. The van der Waals surface area contributed by atoms with Gasteiger partial charge in [-0.15, -0.1) is 0 Å².